The van der Waals surface area contributed by atoms with Crippen LogP contribution in [0.25, 0.3) is 0 Å². The SMILES string of the molecule is CC(=O)Nc1cc(C(=O)NC2(CC(=O)O)CCCC2)ccc1F. The van der Waals surface area contributed by atoms with Gasteiger partial charge in [-0.1, -0.05) is 12.8 Å². The second-order valence-electron chi connectivity index (χ2n) is 5.89. The van der Waals surface area contributed by atoms with Gasteiger partial charge in [-0.2, -0.15) is 0 Å². The first-order valence-electron chi connectivity index (χ1n) is 7.43. The molecule has 1 saturated carbocycles. The first kappa shape index (κ1) is 16.9. The van der Waals surface area contributed by atoms with Crippen molar-refractivity contribution in [2.24, 2.45) is 0 Å². The molecule has 23 heavy (non-hydrogen) atoms. The highest BCUT2D eigenvalue weighted by Crippen LogP contribution is 2.33. The van der Waals surface area contributed by atoms with Crippen LogP contribution in [0.2, 0.25) is 0 Å². The lowest BCUT2D eigenvalue weighted by atomic mass is 9.92. The summed E-state index contributed by atoms with van der Waals surface area (Å²) < 4.78 is 13.6. The Kier molecular flexibility index (Phi) is 4.98. The van der Waals surface area contributed by atoms with Gasteiger partial charge in [-0.3, -0.25) is 14.4 Å². The minimum Gasteiger partial charge on any atom is -0.481 e. The van der Waals surface area contributed by atoms with Gasteiger partial charge in [0.2, 0.25) is 5.91 Å². The number of anilines is 1. The van der Waals surface area contributed by atoms with Crippen molar-refractivity contribution in [2.75, 3.05) is 5.32 Å². The molecular formula is C16H19FN2O4. The molecule has 0 radical (unpaired) electrons. The van der Waals surface area contributed by atoms with E-state index in [9.17, 15) is 18.8 Å². The lowest BCUT2D eigenvalue weighted by molar-refractivity contribution is -0.138. The third-order valence-electron chi connectivity index (χ3n) is 3.97. The van der Waals surface area contributed by atoms with E-state index in [1.807, 2.05) is 0 Å². The highest BCUT2D eigenvalue weighted by molar-refractivity contribution is 5.97. The van der Waals surface area contributed by atoms with Crippen molar-refractivity contribution in [3.63, 3.8) is 0 Å². The summed E-state index contributed by atoms with van der Waals surface area (Å²) >= 11 is 0. The van der Waals surface area contributed by atoms with Crippen LogP contribution < -0.4 is 10.6 Å². The third-order valence-corrected chi connectivity index (χ3v) is 3.97. The average molecular weight is 322 g/mol. The van der Waals surface area contributed by atoms with E-state index in [0.717, 1.165) is 18.9 Å². The number of hydrogen-bond donors (Lipinski definition) is 3. The van der Waals surface area contributed by atoms with E-state index in [0.29, 0.717) is 12.8 Å². The molecular weight excluding hydrogens is 303 g/mol. The molecule has 0 atom stereocenters. The van der Waals surface area contributed by atoms with Crippen LogP contribution >= 0.6 is 0 Å². The fraction of sp³-hybridized carbons (Fsp3) is 0.438. The Bertz CT molecular complexity index is 639. The molecule has 0 bridgehead atoms. The summed E-state index contributed by atoms with van der Waals surface area (Å²) in [5.74, 6) is -2.53. The lowest BCUT2D eigenvalue weighted by Crippen LogP contribution is -2.47. The van der Waals surface area contributed by atoms with Crippen molar-refractivity contribution in [3.8, 4) is 0 Å². The minimum atomic E-state index is -0.967. The van der Waals surface area contributed by atoms with Crippen molar-refractivity contribution in [1.29, 1.82) is 0 Å². The molecule has 1 aliphatic carbocycles. The van der Waals surface area contributed by atoms with Crippen LogP contribution in [0.15, 0.2) is 18.2 Å². The van der Waals surface area contributed by atoms with Crippen LogP contribution in [-0.2, 0) is 9.59 Å². The molecule has 0 spiro atoms. The van der Waals surface area contributed by atoms with Crippen LogP contribution in [0.3, 0.4) is 0 Å². The van der Waals surface area contributed by atoms with Gasteiger partial charge in [-0.25, -0.2) is 4.39 Å². The zero-order valence-electron chi connectivity index (χ0n) is 12.8. The number of amides is 2. The molecule has 124 valence electrons. The van der Waals surface area contributed by atoms with Gasteiger partial charge >= 0.3 is 5.97 Å². The monoisotopic (exact) mass is 322 g/mol. The molecule has 7 heteroatoms. The van der Waals surface area contributed by atoms with Crippen molar-refractivity contribution >= 4 is 23.5 Å². The van der Waals surface area contributed by atoms with Crippen molar-refractivity contribution < 1.29 is 23.9 Å². The van der Waals surface area contributed by atoms with E-state index in [4.69, 9.17) is 5.11 Å². The van der Waals surface area contributed by atoms with Crippen LogP contribution in [0.4, 0.5) is 10.1 Å². The van der Waals surface area contributed by atoms with Gasteiger partial charge in [0.05, 0.1) is 17.6 Å². The van der Waals surface area contributed by atoms with Gasteiger partial charge in [-0.05, 0) is 31.0 Å². The highest BCUT2D eigenvalue weighted by Gasteiger charge is 2.37. The van der Waals surface area contributed by atoms with Gasteiger partial charge in [0.15, 0.2) is 0 Å². The topological polar surface area (TPSA) is 95.5 Å². The molecule has 0 aliphatic heterocycles. The Labute approximate surface area is 133 Å². The Morgan fingerprint density at radius 2 is 1.91 bits per heavy atom. The summed E-state index contributed by atoms with van der Waals surface area (Å²) in [6.07, 6.45) is 2.77. The molecule has 1 aliphatic rings. The van der Waals surface area contributed by atoms with Crippen LogP contribution in [0.5, 0.6) is 0 Å². The fourth-order valence-corrected chi connectivity index (χ4v) is 2.95. The van der Waals surface area contributed by atoms with E-state index < -0.39 is 29.1 Å². The standard InChI is InChI=1S/C16H19FN2O4/c1-10(20)18-13-8-11(4-5-12(13)17)15(23)19-16(9-14(21)22)6-2-3-7-16/h4-5,8H,2-3,6-7,9H2,1H3,(H,18,20)(H,19,23)(H,21,22). The molecule has 6 nitrogen and oxygen atoms in total. The van der Waals surface area contributed by atoms with Crippen LogP contribution in [0, 0.1) is 5.82 Å². The summed E-state index contributed by atoms with van der Waals surface area (Å²) in [7, 11) is 0. The van der Waals surface area contributed by atoms with Crippen molar-refractivity contribution in [2.45, 2.75) is 44.6 Å². The third kappa shape index (κ3) is 4.28. The van der Waals surface area contributed by atoms with E-state index >= 15 is 0 Å². The first-order valence-corrected chi connectivity index (χ1v) is 7.43. The number of carboxylic acid groups (broad SMARTS) is 1. The number of carbonyl (C=O) groups excluding carboxylic acids is 2. The van der Waals surface area contributed by atoms with Gasteiger partial charge in [-0.15, -0.1) is 0 Å². The Hall–Kier alpha value is -2.44. The molecule has 3 N–H and O–H groups in total. The number of halogens is 1. The molecule has 0 heterocycles. The predicted octanol–water partition coefficient (Wildman–Crippen LogP) is 2.30. The number of benzene rings is 1. The smallest absolute Gasteiger partial charge is 0.305 e. The van der Waals surface area contributed by atoms with Crippen molar-refractivity contribution in [3.05, 3.63) is 29.6 Å². The van der Waals surface area contributed by atoms with E-state index in [2.05, 4.69) is 10.6 Å². The van der Waals surface area contributed by atoms with Gasteiger partial charge in [0, 0.05) is 12.5 Å². The summed E-state index contributed by atoms with van der Waals surface area (Å²) in [6, 6.07) is 3.65. The average Bonchev–Trinajstić information content (AvgIpc) is 2.87. The van der Waals surface area contributed by atoms with Gasteiger partial charge in [0.1, 0.15) is 5.82 Å². The molecule has 2 amide bonds. The molecule has 0 aromatic heterocycles. The molecule has 2 rings (SSSR count). The van der Waals surface area contributed by atoms with Crippen LogP contribution in [0.1, 0.15) is 49.4 Å². The number of nitrogens with one attached hydrogen (secondary N) is 2. The van der Waals surface area contributed by atoms with E-state index in [-0.39, 0.29) is 17.7 Å². The van der Waals surface area contributed by atoms with E-state index in [1.165, 1.54) is 19.1 Å². The number of carbonyl (C=O) groups is 3. The quantitative estimate of drug-likeness (QED) is 0.775. The number of aliphatic carboxylic acids is 1. The normalized spacial score (nSPS) is 15.9. The van der Waals surface area contributed by atoms with Crippen LogP contribution in [-0.4, -0.2) is 28.4 Å². The molecule has 1 aromatic carbocycles. The lowest BCUT2D eigenvalue weighted by Gasteiger charge is -2.28. The predicted molar refractivity (Wildman–Crippen MR) is 81.6 cm³/mol. The summed E-state index contributed by atoms with van der Waals surface area (Å²) in [6.45, 7) is 1.24. The van der Waals surface area contributed by atoms with Gasteiger partial charge < -0.3 is 15.7 Å². The van der Waals surface area contributed by atoms with Gasteiger partial charge in [0.25, 0.3) is 5.91 Å². The maximum absolute atomic E-state index is 13.6. The summed E-state index contributed by atoms with van der Waals surface area (Å²) in [5, 5.41) is 14.2. The fourth-order valence-electron chi connectivity index (χ4n) is 2.95. The summed E-state index contributed by atoms with van der Waals surface area (Å²) in [4.78, 5) is 34.5. The largest absolute Gasteiger partial charge is 0.481 e. The maximum atomic E-state index is 13.6. The van der Waals surface area contributed by atoms with E-state index in [1.54, 1.807) is 0 Å². The minimum absolute atomic E-state index is 0.0798. The Morgan fingerprint density at radius 3 is 2.48 bits per heavy atom. The highest BCUT2D eigenvalue weighted by atomic mass is 19.1. The second kappa shape index (κ2) is 6.76. The zero-order chi connectivity index (χ0) is 17.0. The number of hydrogen-bond acceptors (Lipinski definition) is 3. The first-order chi connectivity index (χ1) is 10.8. The molecule has 1 aromatic rings. The van der Waals surface area contributed by atoms with Crippen molar-refractivity contribution in [1.82, 2.24) is 5.32 Å². The number of carboxylic acids is 1. The molecule has 1 fully saturated rings. The maximum Gasteiger partial charge on any atom is 0.305 e. The number of rotatable bonds is 5. The molecule has 0 saturated heterocycles. The Morgan fingerprint density at radius 1 is 1.26 bits per heavy atom. The second-order valence-corrected chi connectivity index (χ2v) is 5.89. The Balaban J connectivity index is 2.19. The summed E-state index contributed by atoms with van der Waals surface area (Å²) in [5.41, 5.74) is -0.665. The zero-order valence-corrected chi connectivity index (χ0v) is 12.8. The molecule has 0 unspecified atom stereocenters.